The van der Waals surface area contributed by atoms with Crippen molar-refractivity contribution in [1.82, 2.24) is 9.21 Å². The molecule has 0 radical (unpaired) electrons. The molecule has 1 saturated heterocycles. The molecule has 128 valence electrons. The van der Waals surface area contributed by atoms with Crippen LogP contribution in [0, 0.1) is 0 Å². The molecule has 24 heavy (non-hydrogen) atoms. The summed E-state index contributed by atoms with van der Waals surface area (Å²) in [5, 5.41) is 0.442. The summed E-state index contributed by atoms with van der Waals surface area (Å²) in [5.41, 5.74) is 1.31. The molecule has 1 aliphatic rings. The van der Waals surface area contributed by atoms with E-state index in [0.29, 0.717) is 18.1 Å². The fourth-order valence-corrected chi connectivity index (χ4v) is 4.63. The van der Waals surface area contributed by atoms with Gasteiger partial charge in [0.05, 0.1) is 4.90 Å². The van der Waals surface area contributed by atoms with E-state index in [9.17, 15) is 8.42 Å². The van der Waals surface area contributed by atoms with E-state index < -0.39 is 10.0 Å². The molecule has 1 heterocycles. The molecular formula is C18H21ClN2O2S. The molecule has 0 N–H and O–H groups in total. The molecule has 3 rings (SSSR count). The molecule has 0 amide bonds. The van der Waals surface area contributed by atoms with E-state index in [2.05, 4.69) is 17.0 Å². The van der Waals surface area contributed by atoms with E-state index in [1.807, 2.05) is 18.2 Å². The predicted octanol–water partition coefficient (Wildman–Crippen LogP) is 2.89. The molecule has 2 aromatic carbocycles. The fraction of sp³-hybridized carbons (Fsp3) is 0.333. The maximum absolute atomic E-state index is 12.7. The van der Waals surface area contributed by atoms with Gasteiger partial charge in [-0.3, -0.25) is 0 Å². The second kappa shape index (κ2) is 7.66. The Labute approximate surface area is 148 Å². The summed E-state index contributed by atoms with van der Waals surface area (Å²) in [6.45, 7) is 3.50. The van der Waals surface area contributed by atoms with Gasteiger partial charge in [-0.15, -0.1) is 0 Å². The highest BCUT2D eigenvalue weighted by atomic mass is 35.5. The Kier molecular flexibility index (Phi) is 5.56. The Balaban J connectivity index is 1.56. The minimum atomic E-state index is -3.45. The molecule has 2 aromatic rings. The zero-order chi connectivity index (χ0) is 17.0. The average Bonchev–Trinajstić information content (AvgIpc) is 2.61. The highest BCUT2D eigenvalue weighted by molar-refractivity contribution is 7.89. The molecule has 4 nitrogen and oxygen atoms in total. The summed E-state index contributed by atoms with van der Waals surface area (Å²) in [6, 6.07) is 16.8. The average molecular weight is 365 g/mol. The first-order chi connectivity index (χ1) is 11.6. The lowest BCUT2D eigenvalue weighted by atomic mass is 10.1. The van der Waals surface area contributed by atoms with Crippen molar-refractivity contribution in [3.05, 3.63) is 65.2 Å². The number of halogens is 1. The Hall–Kier alpha value is -1.40. The van der Waals surface area contributed by atoms with Crippen molar-refractivity contribution in [3.63, 3.8) is 0 Å². The van der Waals surface area contributed by atoms with Gasteiger partial charge in [-0.25, -0.2) is 8.42 Å². The van der Waals surface area contributed by atoms with Crippen molar-refractivity contribution < 1.29 is 8.42 Å². The molecule has 1 fully saturated rings. The second-order valence-electron chi connectivity index (χ2n) is 5.94. The molecule has 0 aromatic heterocycles. The number of hydrogen-bond acceptors (Lipinski definition) is 3. The van der Waals surface area contributed by atoms with Gasteiger partial charge < -0.3 is 4.90 Å². The van der Waals surface area contributed by atoms with Gasteiger partial charge in [0.15, 0.2) is 0 Å². The van der Waals surface area contributed by atoms with E-state index >= 15 is 0 Å². The van der Waals surface area contributed by atoms with Crippen LogP contribution in [0.4, 0.5) is 0 Å². The zero-order valence-corrected chi connectivity index (χ0v) is 15.0. The largest absolute Gasteiger partial charge is 0.300 e. The number of benzene rings is 2. The van der Waals surface area contributed by atoms with Gasteiger partial charge in [-0.2, -0.15) is 4.31 Å². The Morgan fingerprint density at radius 2 is 1.62 bits per heavy atom. The first kappa shape index (κ1) is 17.4. The molecule has 0 aliphatic carbocycles. The standard InChI is InChI=1S/C18H21ClN2O2S/c19-17-7-4-8-18(15-17)24(22,23)21-13-11-20(12-14-21)10-9-16-5-2-1-3-6-16/h1-8,15H,9-14H2. The van der Waals surface area contributed by atoms with Gasteiger partial charge in [0, 0.05) is 37.7 Å². The third-order valence-corrected chi connectivity index (χ3v) is 6.45. The van der Waals surface area contributed by atoms with Crippen LogP contribution in [0.1, 0.15) is 5.56 Å². The quantitative estimate of drug-likeness (QED) is 0.819. The SMILES string of the molecule is O=S(=O)(c1cccc(Cl)c1)N1CCN(CCc2ccccc2)CC1. The van der Waals surface area contributed by atoms with E-state index in [4.69, 9.17) is 11.6 Å². The summed E-state index contributed by atoms with van der Waals surface area (Å²) in [6.07, 6.45) is 0.988. The first-order valence-electron chi connectivity index (χ1n) is 8.08. The molecule has 0 saturated carbocycles. The lowest BCUT2D eigenvalue weighted by Gasteiger charge is -2.34. The van der Waals surface area contributed by atoms with Crippen LogP contribution in [0.25, 0.3) is 0 Å². The summed E-state index contributed by atoms with van der Waals surface area (Å²) in [7, 11) is -3.45. The normalized spacial score (nSPS) is 17.0. The molecule has 0 unspecified atom stereocenters. The van der Waals surface area contributed by atoms with Gasteiger partial charge in [-0.1, -0.05) is 48.0 Å². The number of hydrogen-bond donors (Lipinski definition) is 0. The molecule has 0 spiro atoms. The number of rotatable bonds is 5. The number of nitrogens with zero attached hydrogens (tertiary/aromatic N) is 2. The summed E-state index contributed by atoms with van der Waals surface area (Å²) in [5.74, 6) is 0. The molecule has 6 heteroatoms. The fourth-order valence-electron chi connectivity index (χ4n) is 2.90. The predicted molar refractivity (Wildman–Crippen MR) is 96.8 cm³/mol. The van der Waals surface area contributed by atoms with Crippen LogP contribution in [-0.2, 0) is 16.4 Å². The van der Waals surface area contributed by atoms with E-state index in [0.717, 1.165) is 26.1 Å². The van der Waals surface area contributed by atoms with E-state index in [1.54, 1.807) is 22.5 Å². The minimum absolute atomic E-state index is 0.271. The van der Waals surface area contributed by atoms with Gasteiger partial charge in [0.25, 0.3) is 0 Å². The number of piperazine rings is 1. The summed E-state index contributed by atoms with van der Waals surface area (Å²) >= 11 is 5.92. The van der Waals surface area contributed by atoms with Crippen LogP contribution in [-0.4, -0.2) is 50.3 Å². The van der Waals surface area contributed by atoms with Crippen molar-refractivity contribution >= 4 is 21.6 Å². The van der Waals surface area contributed by atoms with Crippen molar-refractivity contribution in [2.75, 3.05) is 32.7 Å². The van der Waals surface area contributed by atoms with Gasteiger partial charge >= 0.3 is 0 Å². The molecule has 0 atom stereocenters. The lowest BCUT2D eigenvalue weighted by molar-refractivity contribution is 0.190. The number of sulfonamides is 1. The minimum Gasteiger partial charge on any atom is -0.300 e. The van der Waals surface area contributed by atoms with Crippen molar-refractivity contribution in [1.29, 1.82) is 0 Å². The van der Waals surface area contributed by atoms with Gasteiger partial charge in [-0.05, 0) is 30.2 Å². The van der Waals surface area contributed by atoms with E-state index in [-0.39, 0.29) is 4.90 Å². The smallest absolute Gasteiger partial charge is 0.243 e. The Morgan fingerprint density at radius 1 is 0.917 bits per heavy atom. The monoisotopic (exact) mass is 364 g/mol. The zero-order valence-electron chi connectivity index (χ0n) is 13.4. The van der Waals surface area contributed by atoms with Gasteiger partial charge in [0.1, 0.15) is 0 Å². The Bertz CT molecular complexity index is 773. The van der Waals surface area contributed by atoms with Crippen LogP contribution >= 0.6 is 11.6 Å². The van der Waals surface area contributed by atoms with Crippen molar-refractivity contribution in [2.45, 2.75) is 11.3 Å². The summed E-state index contributed by atoms with van der Waals surface area (Å²) in [4.78, 5) is 2.59. The van der Waals surface area contributed by atoms with Crippen LogP contribution in [0.2, 0.25) is 5.02 Å². The topological polar surface area (TPSA) is 40.6 Å². The highest BCUT2D eigenvalue weighted by Crippen LogP contribution is 2.20. The van der Waals surface area contributed by atoms with Crippen molar-refractivity contribution in [2.24, 2.45) is 0 Å². The summed E-state index contributed by atoms with van der Waals surface area (Å²) < 4.78 is 26.9. The maximum atomic E-state index is 12.7. The van der Waals surface area contributed by atoms with Crippen LogP contribution in [0.5, 0.6) is 0 Å². The Morgan fingerprint density at radius 3 is 2.29 bits per heavy atom. The van der Waals surface area contributed by atoms with Crippen LogP contribution in [0.15, 0.2) is 59.5 Å². The van der Waals surface area contributed by atoms with Gasteiger partial charge in [0.2, 0.25) is 10.0 Å². The third kappa shape index (κ3) is 4.16. The van der Waals surface area contributed by atoms with E-state index in [1.165, 1.54) is 11.6 Å². The van der Waals surface area contributed by atoms with Crippen molar-refractivity contribution in [3.8, 4) is 0 Å². The molecule has 0 bridgehead atoms. The van der Waals surface area contributed by atoms with Crippen LogP contribution in [0.3, 0.4) is 0 Å². The second-order valence-corrected chi connectivity index (χ2v) is 8.31. The highest BCUT2D eigenvalue weighted by Gasteiger charge is 2.28. The molecular weight excluding hydrogens is 344 g/mol. The van der Waals surface area contributed by atoms with Crippen LogP contribution < -0.4 is 0 Å². The molecule has 1 aliphatic heterocycles. The third-order valence-electron chi connectivity index (χ3n) is 4.32. The maximum Gasteiger partial charge on any atom is 0.243 e. The lowest BCUT2D eigenvalue weighted by Crippen LogP contribution is -2.48. The first-order valence-corrected chi connectivity index (χ1v) is 9.89.